The molecular formula is C18H23Cl2FN2O2. The highest BCUT2D eigenvalue weighted by atomic mass is 35.5. The molecule has 3 rings (SSSR count). The van der Waals surface area contributed by atoms with Crippen LogP contribution in [0.5, 0.6) is 0 Å². The van der Waals surface area contributed by atoms with Gasteiger partial charge in [-0.25, -0.2) is 9.18 Å². The first kappa shape index (κ1) is 18.6. The number of fused-ring (bicyclic) bond motifs is 2. The predicted molar refractivity (Wildman–Crippen MR) is 97.9 cm³/mol. The first-order valence-electron chi connectivity index (χ1n) is 8.57. The van der Waals surface area contributed by atoms with Gasteiger partial charge in [-0.15, -0.1) is 0 Å². The van der Waals surface area contributed by atoms with Crippen LogP contribution in [0, 0.1) is 5.82 Å². The molecule has 2 bridgehead atoms. The summed E-state index contributed by atoms with van der Waals surface area (Å²) in [6, 6.07) is 3.52. The number of anilines is 1. The molecule has 0 aliphatic carbocycles. The van der Waals surface area contributed by atoms with E-state index in [1.54, 1.807) is 12.1 Å². The fourth-order valence-electron chi connectivity index (χ4n) is 3.76. The van der Waals surface area contributed by atoms with Gasteiger partial charge in [0.2, 0.25) is 0 Å². The molecule has 4 nitrogen and oxygen atoms in total. The molecule has 2 atom stereocenters. The van der Waals surface area contributed by atoms with Crippen molar-refractivity contribution in [1.82, 2.24) is 4.90 Å². The van der Waals surface area contributed by atoms with Crippen molar-refractivity contribution in [3.05, 3.63) is 28.0 Å². The molecule has 2 aliphatic heterocycles. The number of nitrogens with zero attached hydrogens (tertiary/aromatic N) is 1. The van der Waals surface area contributed by atoms with Crippen LogP contribution in [-0.2, 0) is 4.74 Å². The van der Waals surface area contributed by atoms with E-state index in [2.05, 4.69) is 5.32 Å². The Morgan fingerprint density at radius 1 is 1.24 bits per heavy atom. The van der Waals surface area contributed by atoms with Gasteiger partial charge in [0.25, 0.3) is 0 Å². The SMILES string of the molecule is CC(C)(C)OC(=O)N1C2CCC1CC(Nc1ccc(Cl)c(Cl)c1F)C2. The van der Waals surface area contributed by atoms with E-state index < -0.39 is 11.4 Å². The summed E-state index contributed by atoms with van der Waals surface area (Å²) in [6.07, 6.45) is 3.17. The lowest BCUT2D eigenvalue weighted by Crippen LogP contribution is -2.51. The number of benzene rings is 1. The van der Waals surface area contributed by atoms with Gasteiger partial charge in [-0.05, 0) is 58.6 Å². The Morgan fingerprint density at radius 3 is 2.40 bits per heavy atom. The summed E-state index contributed by atoms with van der Waals surface area (Å²) in [5.74, 6) is -0.531. The van der Waals surface area contributed by atoms with E-state index in [4.69, 9.17) is 27.9 Å². The van der Waals surface area contributed by atoms with E-state index in [0.717, 1.165) is 25.7 Å². The summed E-state index contributed by atoms with van der Waals surface area (Å²) in [5, 5.41) is 3.36. The number of hydrogen-bond acceptors (Lipinski definition) is 3. The summed E-state index contributed by atoms with van der Waals surface area (Å²) in [5.41, 5.74) is -0.154. The minimum absolute atomic E-state index is 0.0687. The van der Waals surface area contributed by atoms with Crippen molar-refractivity contribution in [2.45, 2.75) is 70.2 Å². The highest BCUT2D eigenvalue weighted by molar-refractivity contribution is 6.42. The van der Waals surface area contributed by atoms with Gasteiger partial charge in [0.1, 0.15) is 5.60 Å². The molecule has 2 fully saturated rings. The Morgan fingerprint density at radius 2 is 1.84 bits per heavy atom. The molecule has 138 valence electrons. The maximum atomic E-state index is 14.3. The van der Waals surface area contributed by atoms with Gasteiger partial charge in [-0.3, -0.25) is 0 Å². The molecular weight excluding hydrogens is 366 g/mol. The fourth-order valence-corrected chi connectivity index (χ4v) is 4.08. The van der Waals surface area contributed by atoms with Crippen LogP contribution in [0.4, 0.5) is 14.9 Å². The molecule has 1 N–H and O–H groups in total. The molecule has 2 aliphatic rings. The van der Waals surface area contributed by atoms with Crippen LogP contribution in [0.3, 0.4) is 0 Å². The Balaban J connectivity index is 1.68. The number of nitrogens with one attached hydrogen (secondary N) is 1. The molecule has 0 spiro atoms. The topological polar surface area (TPSA) is 41.6 Å². The van der Waals surface area contributed by atoms with Crippen LogP contribution < -0.4 is 5.32 Å². The number of amides is 1. The van der Waals surface area contributed by atoms with Crippen LogP contribution in [0.25, 0.3) is 0 Å². The molecule has 0 saturated carbocycles. The van der Waals surface area contributed by atoms with Crippen LogP contribution in [0.1, 0.15) is 46.5 Å². The van der Waals surface area contributed by atoms with Gasteiger partial charge in [-0.1, -0.05) is 23.2 Å². The third kappa shape index (κ3) is 3.98. The van der Waals surface area contributed by atoms with Crippen molar-refractivity contribution in [3.63, 3.8) is 0 Å². The van der Waals surface area contributed by atoms with Crippen molar-refractivity contribution in [3.8, 4) is 0 Å². The van der Waals surface area contributed by atoms with Crippen molar-refractivity contribution in [2.24, 2.45) is 0 Å². The average Bonchev–Trinajstić information content (AvgIpc) is 2.78. The van der Waals surface area contributed by atoms with Crippen LogP contribution in [0.2, 0.25) is 10.0 Å². The lowest BCUT2D eigenvalue weighted by atomic mass is 9.97. The number of halogens is 3. The monoisotopic (exact) mass is 388 g/mol. The number of carbonyl (C=O) groups is 1. The van der Waals surface area contributed by atoms with Gasteiger partial charge in [0, 0.05) is 18.1 Å². The molecule has 0 radical (unpaired) electrons. The number of ether oxygens (including phenoxy) is 1. The van der Waals surface area contributed by atoms with Gasteiger partial charge < -0.3 is 15.0 Å². The zero-order valence-corrected chi connectivity index (χ0v) is 16.1. The van der Waals surface area contributed by atoms with E-state index >= 15 is 0 Å². The molecule has 2 saturated heterocycles. The molecule has 7 heteroatoms. The Kier molecular flexibility index (Phi) is 5.09. The van der Waals surface area contributed by atoms with E-state index in [9.17, 15) is 9.18 Å². The molecule has 25 heavy (non-hydrogen) atoms. The van der Waals surface area contributed by atoms with Crippen molar-refractivity contribution < 1.29 is 13.9 Å². The Bertz CT molecular complexity index is 664. The number of carbonyl (C=O) groups excluding carboxylic acids is 1. The third-order valence-corrected chi connectivity index (χ3v) is 5.51. The molecule has 0 aromatic heterocycles. The second-order valence-electron chi connectivity index (χ2n) is 7.81. The molecule has 1 amide bonds. The lowest BCUT2D eigenvalue weighted by molar-refractivity contribution is 0.00682. The molecule has 1 aromatic rings. The van der Waals surface area contributed by atoms with Crippen LogP contribution in [-0.4, -0.2) is 34.7 Å². The summed E-state index contributed by atoms with van der Waals surface area (Å²) < 4.78 is 19.8. The van der Waals surface area contributed by atoms with Crippen LogP contribution in [0.15, 0.2) is 12.1 Å². The van der Waals surface area contributed by atoms with Crippen LogP contribution >= 0.6 is 23.2 Å². The summed E-state index contributed by atoms with van der Waals surface area (Å²) in [7, 11) is 0. The standard InChI is InChI=1S/C18H23Cl2FN2O2/c1-18(2,3)25-17(24)23-11-4-5-12(23)9-10(8-11)22-14-7-6-13(19)15(20)16(14)21/h6-7,10-12,22H,4-5,8-9H2,1-3H3. The summed E-state index contributed by atoms with van der Waals surface area (Å²) in [6.45, 7) is 5.61. The van der Waals surface area contributed by atoms with Gasteiger partial charge in [0.05, 0.1) is 15.7 Å². The van der Waals surface area contributed by atoms with Crippen molar-refractivity contribution in [1.29, 1.82) is 0 Å². The highest BCUT2D eigenvalue weighted by Crippen LogP contribution is 2.39. The number of piperidine rings is 1. The van der Waals surface area contributed by atoms with Crippen molar-refractivity contribution >= 4 is 35.0 Å². The first-order valence-corrected chi connectivity index (χ1v) is 9.32. The summed E-state index contributed by atoms with van der Waals surface area (Å²) >= 11 is 11.7. The van der Waals surface area contributed by atoms with Gasteiger partial charge >= 0.3 is 6.09 Å². The second-order valence-corrected chi connectivity index (χ2v) is 8.59. The first-order chi connectivity index (χ1) is 11.7. The lowest BCUT2D eigenvalue weighted by Gasteiger charge is -2.40. The zero-order chi connectivity index (χ0) is 18.4. The summed E-state index contributed by atoms with van der Waals surface area (Å²) in [4.78, 5) is 14.3. The number of hydrogen-bond donors (Lipinski definition) is 1. The van der Waals surface area contributed by atoms with E-state index in [-0.39, 0.29) is 34.3 Å². The molecule has 1 aromatic carbocycles. The predicted octanol–water partition coefficient (Wildman–Crippen LogP) is 5.47. The minimum Gasteiger partial charge on any atom is -0.444 e. The normalized spacial score (nSPS) is 25.8. The zero-order valence-electron chi connectivity index (χ0n) is 14.6. The maximum absolute atomic E-state index is 14.3. The van der Waals surface area contributed by atoms with Gasteiger partial charge in [-0.2, -0.15) is 0 Å². The average molecular weight is 389 g/mol. The Hall–Kier alpha value is -1.20. The largest absolute Gasteiger partial charge is 0.444 e. The van der Waals surface area contributed by atoms with Crippen molar-refractivity contribution in [2.75, 3.05) is 5.32 Å². The van der Waals surface area contributed by atoms with Gasteiger partial charge in [0.15, 0.2) is 5.82 Å². The smallest absolute Gasteiger partial charge is 0.410 e. The second kappa shape index (κ2) is 6.84. The van der Waals surface area contributed by atoms with E-state index in [1.807, 2.05) is 25.7 Å². The quantitative estimate of drug-likeness (QED) is 0.682. The highest BCUT2D eigenvalue weighted by Gasteiger charge is 2.44. The third-order valence-electron chi connectivity index (χ3n) is 4.73. The molecule has 2 heterocycles. The minimum atomic E-state index is -0.531. The fraction of sp³-hybridized carbons (Fsp3) is 0.611. The molecule has 2 unspecified atom stereocenters. The number of rotatable bonds is 2. The maximum Gasteiger partial charge on any atom is 0.410 e. The van der Waals surface area contributed by atoms with E-state index in [0.29, 0.717) is 5.69 Å². The Labute approximate surface area is 157 Å². The van der Waals surface area contributed by atoms with E-state index in [1.165, 1.54) is 0 Å².